The highest BCUT2D eigenvalue weighted by molar-refractivity contribution is 7.12. The molecule has 7 nitrogen and oxygen atoms in total. The van der Waals surface area contributed by atoms with Crippen LogP contribution in [0.2, 0.25) is 0 Å². The number of nitrogens with zero attached hydrogens (tertiary/aromatic N) is 4. The number of carbonyl (C=O) groups is 2. The molecule has 0 spiro atoms. The minimum Gasteiger partial charge on any atom is -0.491 e. The van der Waals surface area contributed by atoms with E-state index in [0.717, 1.165) is 59.4 Å². The van der Waals surface area contributed by atoms with Gasteiger partial charge in [-0.05, 0) is 70.5 Å². The van der Waals surface area contributed by atoms with Crippen LogP contribution >= 0.6 is 11.3 Å². The number of pyridine rings is 1. The quantitative estimate of drug-likeness (QED) is 0.251. The molecule has 2 atom stereocenters. The van der Waals surface area contributed by atoms with Gasteiger partial charge >= 0.3 is 0 Å². The summed E-state index contributed by atoms with van der Waals surface area (Å²) >= 11 is 1.46. The van der Waals surface area contributed by atoms with E-state index in [1.807, 2.05) is 76.0 Å². The van der Waals surface area contributed by atoms with Crippen LogP contribution in [-0.4, -0.2) is 54.5 Å². The summed E-state index contributed by atoms with van der Waals surface area (Å²) in [4.78, 5) is 38.7. The van der Waals surface area contributed by atoms with Crippen LogP contribution in [0.25, 0.3) is 0 Å². The molecule has 1 saturated carbocycles. The average molecular weight is 607 g/mol. The summed E-state index contributed by atoms with van der Waals surface area (Å²) < 4.78 is 5.94. The summed E-state index contributed by atoms with van der Waals surface area (Å²) in [6.07, 6.45) is 1.83. The van der Waals surface area contributed by atoms with Gasteiger partial charge in [0, 0.05) is 37.3 Å². The Balaban J connectivity index is 1.04. The van der Waals surface area contributed by atoms with Crippen LogP contribution in [-0.2, 0) is 12.0 Å². The van der Waals surface area contributed by atoms with Crippen molar-refractivity contribution in [1.29, 1.82) is 0 Å². The summed E-state index contributed by atoms with van der Waals surface area (Å²) in [5, 5.41) is 1.94. The van der Waals surface area contributed by atoms with Crippen molar-refractivity contribution in [2.45, 2.75) is 32.7 Å². The lowest BCUT2D eigenvalue weighted by Gasteiger charge is -2.26. The summed E-state index contributed by atoms with van der Waals surface area (Å²) in [7, 11) is 0. The van der Waals surface area contributed by atoms with Gasteiger partial charge in [0.2, 0.25) is 0 Å². The van der Waals surface area contributed by atoms with Gasteiger partial charge in [-0.2, -0.15) is 0 Å². The fourth-order valence-electron chi connectivity index (χ4n) is 6.68. The summed E-state index contributed by atoms with van der Waals surface area (Å²) in [6, 6.07) is 24.0. The maximum atomic E-state index is 13.7. The molecule has 3 aliphatic rings. The maximum absolute atomic E-state index is 13.7. The van der Waals surface area contributed by atoms with Crippen molar-refractivity contribution >= 4 is 34.7 Å². The van der Waals surface area contributed by atoms with Crippen LogP contribution in [0.1, 0.15) is 51.9 Å². The Labute approximate surface area is 263 Å². The number of likely N-dealkylation sites (tertiary alicyclic amines) is 1. The predicted molar refractivity (Wildman–Crippen MR) is 175 cm³/mol. The van der Waals surface area contributed by atoms with Crippen LogP contribution in [0.5, 0.6) is 5.75 Å². The maximum Gasteiger partial charge on any atom is 0.268 e. The van der Waals surface area contributed by atoms with E-state index < -0.39 is 0 Å². The number of hydrogen-bond acceptors (Lipinski definition) is 6. The molecule has 4 aromatic rings. The number of piperidine rings is 1. The SMILES string of the molecule is CC(C)(C)c1ccc(C(=O)N2CC3C(C2)C3CN(C(=O)c2cccs2)c2ccc(N3CCOc4ccccc4C3)nc2)cc1. The third-order valence-electron chi connectivity index (χ3n) is 9.35. The number of para-hydroxylation sites is 1. The monoisotopic (exact) mass is 606 g/mol. The number of hydrogen-bond donors (Lipinski definition) is 0. The third-order valence-corrected chi connectivity index (χ3v) is 10.2. The number of aromatic nitrogens is 1. The van der Waals surface area contributed by atoms with Crippen molar-refractivity contribution < 1.29 is 14.3 Å². The molecular formula is C36H38N4O3S. The first-order chi connectivity index (χ1) is 21.3. The van der Waals surface area contributed by atoms with E-state index in [1.165, 1.54) is 16.9 Å². The van der Waals surface area contributed by atoms with Crippen LogP contribution in [0, 0.1) is 17.8 Å². The molecular weight excluding hydrogens is 568 g/mol. The van der Waals surface area contributed by atoms with Gasteiger partial charge in [0.25, 0.3) is 11.8 Å². The standard InChI is InChI=1S/C36H38N4O3S/c1-36(2,3)26-12-10-24(11-13-26)34(41)39-21-28-29(22-39)30(28)23-40(35(42)32-9-6-18-44-32)27-14-15-33(37-19-27)38-16-17-43-31-8-5-4-7-25(31)20-38/h4-15,18-19,28-30H,16-17,20-23H2,1-3H3. The van der Waals surface area contributed by atoms with Crippen molar-refractivity contribution in [1.82, 2.24) is 9.88 Å². The molecule has 4 heterocycles. The molecule has 0 radical (unpaired) electrons. The van der Waals surface area contributed by atoms with Crippen LogP contribution in [0.15, 0.2) is 84.4 Å². The molecule has 2 aromatic carbocycles. The van der Waals surface area contributed by atoms with E-state index in [2.05, 4.69) is 43.9 Å². The summed E-state index contributed by atoms with van der Waals surface area (Å²) in [6.45, 7) is 10.7. The van der Waals surface area contributed by atoms with Crippen molar-refractivity contribution in [2.75, 3.05) is 42.6 Å². The van der Waals surface area contributed by atoms with E-state index in [1.54, 1.807) is 0 Å². The number of thiophene rings is 1. The van der Waals surface area contributed by atoms with E-state index in [-0.39, 0.29) is 17.2 Å². The Hall–Kier alpha value is -4.17. The molecule has 226 valence electrons. The zero-order chi connectivity index (χ0) is 30.4. The van der Waals surface area contributed by atoms with Gasteiger partial charge in [-0.25, -0.2) is 4.98 Å². The minimum absolute atomic E-state index is 0.00324. The van der Waals surface area contributed by atoms with Gasteiger partial charge in [-0.3, -0.25) is 9.59 Å². The zero-order valence-electron chi connectivity index (χ0n) is 25.5. The highest BCUT2D eigenvalue weighted by atomic mass is 32.1. The molecule has 2 unspecified atom stereocenters. The Morgan fingerprint density at radius 1 is 0.977 bits per heavy atom. The zero-order valence-corrected chi connectivity index (χ0v) is 26.3. The number of anilines is 2. The molecule has 8 heteroatoms. The summed E-state index contributed by atoms with van der Waals surface area (Å²) in [5.41, 5.74) is 3.97. The van der Waals surface area contributed by atoms with Crippen LogP contribution in [0.4, 0.5) is 11.5 Å². The van der Waals surface area contributed by atoms with Gasteiger partial charge < -0.3 is 19.4 Å². The first kappa shape index (κ1) is 28.6. The number of ether oxygens (including phenoxy) is 1. The van der Waals surface area contributed by atoms with E-state index >= 15 is 0 Å². The van der Waals surface area contributed by atoms with Gasteiger partial charge in [0.05, 0.1) is 23.3 Å². The molecule has 1 saturated heterocycles. The van der Waals surface area contributed by atoms with Gasteiger partial charge in [-0.15, -0.1) is 11.3 Å². The van der Waals surface area contributed by atoms with Crippen molar-refractivity contribution in [3.8, 4) is 5.75 Å². The molecule has 7 rings (SSSR count). The predicted octanol–water partition coefficient (Wildman–Crippen LogP) is 6.50. The number of amides is 2. The van der Waals surface area contributed by atoms with Crippen LogP contribution in [0.3, 0.4) is 0 Å². The Bertz CT molecular complexity index is 1630. The fourth-order valence-corrected chi connectivity index (χ4v) is 7.35. The number of carbonyl (C=O) groups excluding carboxylic acids is 2. The Kier molecular flexibility index (Phi) is 7.41. The Morgan fingerprint density at radius 2 is 1.75 bits per heavy atom. The van der Waals surface area contributed by atoms with Gasteiger partial charge in [0.15, 0.2) is 0 Å². The molecule has 2 amide bonds. The van der Waals surface area contributed by atoms with Crippen molar-refractivity contribution in [3.63, 3.8) is 0 Å². The lowest BCUT2D eigenvalue weighted by atomic mass is 9.86. The van der Waals surface area contributed by atoms with E-state index in [4.69, 9.17) is 9.72 Å². The smallest absolute Gasteiger partial charge is 0.268 e. The normalized spacial score (nSPS) is 20.8. The molecule has 0 bridgehead atoms. The first-order valence-corrected chi connectivity index (χ1v) is 16.3. The Morgan fingerprint density at radius 3 is 2.43 bits per heavy atom. The topological polar surface area (TPSA) is 66.0 Å². The molecule has 2 aliphatic heterocycles. The minimum atomic E-state index is 0.00324. The van der Waals surface area contributed by atoms with Crippen molar-refractivity contribution in [3.05, 3.63) is 106 Å². The largest absolute Gasteiger partial charge is 0.491 e. The number of fused-ring (bicyclic) bond motifs is 2. The van der Waals surface area contributed by atoms with Gasteiger partial charge in [-0.1, -0.05) is 57.2 Å². The number of benzene rings is 2. The van der Waals surface area contributed by atoms with Crippen LogP contribution < -0.4 is 14.5 Å². The number of rotatable bonds is 6. The fraction of sp³-hybridized carbons (Fsp3) is 0.361. The highest BCUT2D eigenvalue weighted by Crippen LogP contribution is 2.52. The second kappa shape index (κ2) is 11.4. The second-order valence-corrected chi connectivity index (χ2v) is 14.1. The molecule has 0 N–H and O–H groups in total. The average Bonchev–Trinajstić information content (AvgIpc) is 3.32. The molecule has 44 heavy (non-hydrogen) atoms. The molecule has 2 aromatic heterocycles. The molecule has 2 fully saturated rings. The lowest BCUT2D eigenvalue weighted by molar-refractivity contribution is 0.0766. The van der Waals surface area contributed by atoms with E-state index in [9.17, 15) is 9.59 Å². The highest BCUT2D eigenvalue weighted by Gasteiger charge is 2.57. The van der Waals surface area contributed by atoms with E-state index in [0.29, 0.717) is 30.9 Å². The first-order valence-electron chi connectivity index (χ1n) is 15.4. The molecule has 1 aliphatic carbocycles. The lowest BCUT2D eigenvalue weighted by Crippen LogP contribution is -2.36. The van der Waals surface area contributed by atoms with Gasteiger partial charge in [0.1, 0.15) is 18.2 Å². The van der Waals surface area contributed by atoms with Crippen molar-refractivity contribution in [2.24, 2.45) is 17.8 Å². The second-order valence-electron chi connectivity index (χ2n) is 13.2. The summed E-state index contributed by atoms with van der Waals surface area (Å²) in [5.74, 6) is 3.09. The third kappa shape index (κ3) is 5.59.